The van der Waals surface area contributed by atoms with Gasteiger partial charge in [0.05, 0.1) is 11.2 Å². The Morgan fingerprint density at radius 1 is 1.18 bits per heavy atom. The molecule has 0 atom stereocenters. The van der Waals surface area contributed by atoms with Crippen LogP contribution in [0.15, 0.2) is 17.1 Å². The van der Waals surface area contributed by atoms with Gasteiger partial charge in [-0.2, -0.15) is 0 Å². The molecule has 1 fully saturated rings. The van der Waals surface area contributed by atoms with E-state index in [1.54, 1.807) is 19.2 Å². The first kappa shape index (κ1) is 12.4. The number of H-pyrrole nitrogens is 1. The van der Waals surface area contributed by atoms with Crippen molar-refractivity contribution in [1.29, 1.82) is 0 Å². The molecule has 0 aliphatic carbocycles. The number of aromatic amines is 1. The quantitative estimate of drug-likeness (QED) is 0.738. The van der Waals surface area contributed by atoms with Gasteiger partial charge in [0.1, 0.15) is 0 Å². The van der Waals surface area contributed by atoms with E-state index in [0.29, 0.717) is 5.56 Å². The third-order valence-corrected chi connectivity index (χ3v) is 3.64. The van der Waals surface area contributed by atoms with Crippen LogP contribution in [0.25, 0.3) is 0 Å². The molecule has 5 heteroatoms. The molecule has 1 aromatic heterocycles. The van der Waals surface area contributed by atoms with Crippen molar-refractivity contribution in [2.75, 3.05) is 0 Å². The monoisotopic (exact) mass is 235 g/mol. The smallest absolute Gasteiger partial charge is 0.399 e. The Balaban J connectivity index is 2.32. The lowest BCUT2D eigenvalue weighted by Gasteiger charge is -2.32. The highest BCUT2D eigenvalue weighted by Gasteiger charge is 2.51. The highest BCUT2D eigenvalue weighted by atomic mass is 16.7. The topological polar surface area (TPSA) is 51.3 Å². The second-order valence-corrected chi connectivity index (χ2v) is 5.53. The third kappa shape index (κ3) is 2.05. The summed E-state index contributed by atoms with van der Waals surface area (Å²) >= 11 is 0. The molecule has 1 aliphatic heterocycles. The molecular formula is C12H18BNO3. The molecule has 92 valence electrons. The lowest BCUT2D eigenvalue weighted by Crippen LogP contribution is -2.41. The van der Waals surface area contributed by atoms with E-state index < -0.39 is 7.12 Å². The zero-order chi connectivity index (χ0) is 12.8. The van der Waals surface area contributed by atoms with E-state index in [-0.39, 0.29) is 16.8 Å². The van der Waals surface area contributed by atoms with E-state index >= 15 is 0 Å². The minimum Gasteiger partial charge on any atom is -0.399 e. The Morgan fingerprint density at radius 3 is 2.18 bits per heavy atom. The first-order valence-corrected chi connectivity index (χ1v) is 5.78. The van der Waals surface area contributed by atoms with Crippen LogP contribution in [0.4, 0.5) is 0 Å². The largest absolute Gasteiger partial charge is 0.496 e. The second-order valence-electron chi connectivity index (χ2n) is 5.53. The fourth-order valence-electron chi connectivity index (χ4n) is 1.74. The van der Waals surface area contributed by atoms with Crippen LogP contribution in [-0.2, 0) is 9.31 Å². The van der Waals surface area contributed by atoms with Gasteiger partial charge in [0.2, 0.25) is 0 Å². The maximum Gasteiger partial charge on any atom is 0.496 e. The fourth-order valence-corrected chi connectivity index (χ4v) is 1.74. The molecule has 0 amide bonds. The van der Waals surface area contributed by atoms with Crippen molar-refractivity contribution in [2.24, 2.45) is 0 Å². The van der Waals surface area contributed by atoms with Gasteiger partial charge < -0.3 is 14.3 Å². The molecular weight excluding hydrogens is 217 g/mol. The summed E-state index contributed by atoms with van der Waals surface area (Å²) in [7, 11) is -0.421. The number of pyridine rings is 1. The molecule has 2 heterocycles. The molecule has 0 saturated carbocycles. The van der Waals surface area contributed by atoms with Crippen LogP contribution in [0.2, 0.25) is 0 Å². The SMILES string of the molecule is Cc1cc(B2OC(C)(C)C(C)(C)O2)c[nH]c1=O. The van der Waals surface area contributed by atoms with Crippen molar-refractivity contribution in [3.63, 3.8) is 0 Å². The molecule has 1 saturated heterocycles. The van der Waals surface area contributed by atoms with Gasteiger partial charge in [-0.05, 0) is 40.1 Å². The maximum atomic E-state index is 11.3. The van der Waals surface area contributed by atoms with Crippen LogP contribution in [0, 0.1) is 6.92 Å². The molecule has 0 aromatic carbocycles. The summed E-state index contributed by atoms with van der Waals surface area (Å²) in [4.78, 5) is 14.0. The molecule has 2 rings (SSSR count). The summed E-state index contributed by atoms with van der Waals surface area (Å²) in [6, 6.07) is 1.81. The van der Waals surface area contributed by atoms with Gasteiger partial charge in [0.15, 0.2) is 0 Å². The Labute approximate surface area is 101 Å². The molecule has 0 radical (unpaired) electrons. The summed E-state index contributed by atoms with van der Waals surface area (Å²) in [5.41, 5.74) is 0.715. The normalized spacial score (nSPS) is 21.8. The Kier molecular flexibility index (Phi) is 2.71. The number of aryl methyl sites for hydroxylation is 1. The Hall–Kier alpha value is -1.07. The molecule has 4 nitrogen and oxygen atoms in total. The van der Waals surface area contributed by atoms with E-state index in [1.165, 1.54) is 0 Å². The Bertz CT molecular complexity index is 477. The summed E-state index contributed by atoms with van der Waals surface area (Å²) in [5.74, 6) is 0. The highest BCUT2D eigenvalue weighted by Crippen LogP contribution is 2.36. The first-order valence-electron chi connectivity index (χ1n) is 5.78. The van der Waals surface area contributed by atoms with Gasteiger partial charge in [-0.15, -0.1) is 0 Å². The molecule has 0 unspecified atom stereocenters. The molecule has 1 N–H and O–H groups in total. The molecule has 1 aliphatic rings. The van der Waals surface area contributed by atoms with E-state index in [0.717, 1.165) is 5.46 Å². The van der Waals surface area contributed by atoms with Gasteiger partial charge in [0.25, 0.3) is 5.56 Å². The standard InChI is InChI=1S/C12H18BNO3/c1-8-6-9(7-14-10(8)15)13-16-11(2,3)12(4,5)17-13/h6-7H,1-5H3,(H,14,15). The minimum atomic E-state index is -0.421. The van der Waals surface area contributed by atoms with E-state index in [4.69, 9.17) is 9.31 Å². The van der Waals surface area contributed by atoms with Crippen molar-refractivity contribution in [1.82, 2.24) is 4.98 Å². The van der Waals surface area contributed by atoms with Crippen LogP contribution in [-0.4, -0.2) is 23.3 Å². The number of rotatable bonds is 1. The van der Waals surface area contributed by atoms with Crippen LogP contribution >= 0.6 is 0 Å². The number of aromatic nitrogens is 1. The lowest BCUT2D eigenvalue weighted by molar-refractivity contribution is 0.00578. The predicted octanol–water partition coefficient (Wildman–Crippen LogP) is 0.983. The van der Waals surface area contributed by atoms with Crippen molar-refractivity contribution < 1.29 is 9.31 Å². The maximum absolute atomic E-state index is 11.3. The third-order valence-electron chi connectivity index (χ3n) is 3.64. The van der Waals surface area contributed by atoms with E-state index in [1.807, 2.05) is 27.7 Å². The van der Waals surface area contributed by atoms with Gasteiger partial charge in [-0.25, -0.2) is 0 Å². The lowest BCUT2D eigenvalue weighted by atomic mass is 9.80. The molecule has 17 heavy (non-hydrogen) atoms. The van der Waals surface area contributed by atoms with Crippen molar-refractivity contribution in [2.45, 2.75) is 45.8 Å². The van der Waals surface area contributed by atoms with Crippen LogP contribution in [0.3, 0.4) is 0 Å². The van der Waals surface area contributed by atoms with E-state index in [9.17, 15) is 4.79 Å². The number of nitrogens with one attached hydrogen (secondary N) is 1. The highest BCUT2D eigenvalue weighted by molar-refractivity contribution is 6.62. The van der Waals surface area contributed by atoms with Crippen LogP contribution in [0.1, 0.15) is 33.3 Å². The van der Waals surface area contributed by atoms with Crippen LogP contribution < -0.4 is 11.0 Å². The van der Waals surface area contributed by atoms with Crippen molar-refractivity contribution in [3.8, 4) is 0 Å². The summed E-state index contributed by atoms with van der Waals surface area (Å²) in [6.45, 7) is 9.79. The molecule has 0 spiro atoms. The van der Waals surface area contributed by atoms with Gasteiger partial charge in [-0.1, -0.05) is 6.07 Å². The fraction of sp³-hybridized carbons (Fsp3) is 0.583. The van der Waals surface area contributed by atoms with Crippen molar-refractivity contribution in [3.05, 3.63) is 28.2 Å². The van der Waals surface area contributed by atoms with Gasteiger partial charge >= 0.3 is 7.12 Å². The summed E-state index contributed by atoms with van der Waals surface area (Å²) < 4.78 is 11.8. The first-order chi connectivity index (χ1) is 7.73. The van der Waals surface area contributed by atoms with Crippen LogP contribution in [0.5, 0.6) is 0 Å². The zero-order valence-electron chi connectivity index (χ0n) is 11.0. The zero-order valence-corrected chi connectivity index (χ0v) is 11.0. The summed E-state index contributed by atoms with van der Waals surface area (Å²) in [5, 5.41) is 0. The second kappa shape index (κ2) is 3.72. The molecule has 0 bridgehead atoms. The summed E-state index contributed by atoms with van der Waals surface area (Å²) in [6.07, 6.45) is 1.65. The average Bonchev–Trinajstić information content (AvgIpc) is 2.41. The molecule has 1 aromatic rings. The van der Waals surface area contributed by atoms with Gasteiger partial charge in [-0.3, -0.25) is 4.79 Å². The number of hydrogen-bond donors (Lipinski definition) is 1. The minimum absolute atomic E-state index is 0.0785. The average molecular weight is 235 g/mol. The van der Waals surface area contributed by atoms with Crippen molar-refractivity contribution >= 4 is 12.6 Å². The Morgan fingerprint density at radius 2 is 1.71 bits per heavy atom. The predicted molar refractivity (Wildman–Crippen MR) is 67.5 cm³/mol. The van der Waals surface area contributed by atoms with E-state index in [2.05, 4.69) is 4.98 Å². The van der Waals surface area contributed by atoms with Gasteiger partial charge in [0, 0.05) is 11.8 Å². The number of hydrogen-bond acceptors (Lipinski definition) is 3.